The van der Waals surface area contributed by atoms with E-state index in [0.29, 0.717) is 32.0 Å². The van der Waals surface area contributed by atoms with Crippen LogP contribution in [-0.2, 0) is 0 Å². The van der Waals surface area contributed by atoms with Gasteiger partial charge in [0.2, 0.25) is 0 Å². The van der Waals surface area contributed by atoms with Gasteiger partial charge in [0.15, 0.2) is 0 Å². The number of piperazine rings is 1. The molecule has 160 valence electrons. The lowest BCUT2D eigenvalue weighted by Gasteiger charge is -2.35. The zero-order valence-electron chi connectivity index (χ0n) is 17.3. The number of amides is 1. The van der Waals surface area contributed by atoms with E-state index in [1.54, 1.807) is 13.2 Å². The van der Waals surface area contributed by atoms with Gasteiger partial charge in [0.1, 0.15) is 17.8 Å². The third-order valence-corrected chi connectivity index (χ3v) is 6.40. The van der Waals surface area contributed by atoms with Crippen molar-refractivity contribution in [1.29, 1.82) is 0 Å². The average Bonchev–Trinajstić information content (AvgIpc) is 3.20. The second-order valence-corrected chi connectivity index (χ2v) is 8.48. The summed E-state index contributed by atoms with van der Waals surface area (Å²) in [5.41, 5.74) is 2.09. The van der Waals surface area contributed by atoms with Gasteiger partial charge in [-0.2, -0.15) is 0 Å². The number of thiophene rings is 1. The first kappa shape index (κ1) is 20.8. The van der Waals surface area contributed by atoms with Crippen molar-refractivity contribution in [3.8, 4) is 16.9 Å². The summed E-state index contributed by atoms with van der Waals surface area (Å²) in [6.07, 6.45) is 1.27. The molecule has 0 atom stereocenters. The van der Waals surface area contributed by atoms with E-state index in [-0.39, 0.29) is 11.6 Å². The number of nitro groups is 1. The maximum atomic E-state index is 13.1. The highest BCUT2D eigenvalue weighted by atomic mass is 32.1. The van der Waals surface area contributed by atoms with Crippen LogP contribution in [0.2, 0.25) is 0 Å². The van der Waals surface area contributed by atoms with E-state index in [0.717, 1.165) is 26.6 Å². The second-order valence-electron chi connectivity index (χ2n) is 7.22. The number of carbonyl (C=O) groups excluding carboxylic acids is 1. The molecule has 0 aliphatic carbocycles. The van der Waals surface area contributed by atoms with E-state index in [9.17, 15) is 14.9 Å². The number of aromatic nitrogens is 1. The van der Waals surface area contributed by atoms with E-state index < -0.39 is 4.92 Å². The molecule has 0 N–H and O–H groups in total. The zero-order valence-corrected chi connectivity index (χ0v) is 18.1. The molecule has 0 spiro atoms. The first-order valence-electron chi connectivity index (χ1n) is 9.86. The molecule has 1 fully saturated rings. The molecule has 1 aliphatic heterocycles. The van der Waals surface area contributed by atoms with Gasteiger partial charge < -0.3 is 14.5 Å². The maximum absolute atomic E-state index is 13.1. The first-order chi connectivity index (χ1) is 15.0. The number of methoxy groups -OCH3 is 1. The van der Waals surface area contributed by atoms with Crippen LogP contribution in [-0.4, -0.2) is 54.0 Å². The van der Waals surface area contributed by atoms with Gasteiger partial charge in [0.25, 0.3) is 11.6 Å². The molecular formula is C22H22N4O4S. The minimum atomic E-state index is -0.462. The van der Waals surface area contributed by atoms with Crippen LogP contribution in [0.3, 0.4) is 0 Å². The Bertz CT molecular complexity index is 1090. The van der Waals surface area contributed by atoms with Crippen LogP contribution in [0, 0.1) is 17.0 Å². The lowest BCUT2D eigenvalue weighted by molar-refractivity contribution is -0.385. The third-order valence-electron chi connectivity index (χ3n) is 5.36. The molecule has 31 heavy (non-hydrogen) atoms. The monoisotopic (exact) mass is 438 g/mol. The summed E-state index contributed by atoms with van der Waals surface area (Å²) in [6, 6.07) is 12.9. The number of anilines is 1. The molecule has 1 amide bonds. The van der Waals surface area contributed by atoms with Gasteiger partial charge in [0, 0.05) is 37.1 Å². The predicted octanol–water partition coefficient (Wildman–Crippen LogP) is 4.00. The molecule has 2 aromatic heterocycles. The number of benzene rings is 1. The van der Waals surface area contributed by atoms with E-state index in [2.05, 4.69) is 4.98 Å². The number of aryl methyl sites for hydroxylation is 1. The van der Waals surface area contributed by atoms with Crippen LogP contribution in [0.4, 0.5) is 11.5 Å². The molecule has 1 saturated heterocycles. The number of ether oxygens (including phenoxy) is 1. The Morgan fingerprint density at radius 1 is 1.13 bits per heavy atom. The van der Waals surface area contributed by atoms with Gasteiger partial charge in [-0.3, -0.25) is 14.9 Å². The third kappa shape index (κ3) is 4.36. The number of rotatable bonds is 5. The second kappa shape index (κ2) is 8.73. The van der Waals surface area contributed by atoms with Crippen molar-refractivity contribution < 1.29 is 14.5 Å². The predicted molar refractivity (Wildman–Crippen MR) is 120 cm³/mol. The van der Waals surface area contributed by atoms with Crippen LogP contribution in [0.1, 0.15) is 14.5 Å². The van der Waals surface area contributed by atoms with Gasteiger partial charge in [-0.15, -0.1) is 11.3 Å². The highest BCUT2D eigenvalue weighted by molar-refractivity contribution is 7.14. The lowest BCUT2D eigenvalue weighted by atomic mass is 10.1. The summed E-state index contributed by atoms with van der Waals surface area (Å²) in [4.78, 5) is 33.3. The van der Waals surface area contributed by atoms with Crippen molar-refractivity contribution in [2.24, 2.45) is 0 Å². The van der Waals surface area contributed by atoms with Crippen molar-refractivity contribution in [2.75, 3.05) is 38.2 Å². The highest BCUT2D eigenvalue weighted by Gasteiger charge is 2.25. The SMILES string of the molecule is COc1ccc(-c2cc(C(=O)N3CCN(c4ccc([N+](=O)[O-])cn4)CC3)sc2C)cc1. The van der Waals surface area contributed by atoms with Gasteiger partial charge in [-0.05, 0) is 42.3 Å². The largest absolute Gasteiger partial charge is 0.497 e. The number of hydrogen-bond acceptors (Lipinski definition) is 7. The average molecular weight is 439 g/mol. The van der Waals surface area contributed by atoms with Crippen LogP contribution in [0.25, 0.3) is 11.1 Å². The molecule has 4 rings (SSSR count). The molecule has 3 aromatic rings. The topological polar surface area (TPSA) is 88.8 Å². The molecule has 0 saturated carbocycles. The minimum absolute atomic E-state index is 0.0294. The van der Waals surface area contributed by atoms with E-state index in [1.807, 2.05) is 47.1 Å². The summed E-state index contributed by atoms with van der Waals surface area (Å²) in [6.45, 7) is 4.44. The van der Waals surface area contributed by atoms with Crippen molar-refractivity contribution in [2.45, 2.75) is 6.92 Å². The first-order valence-corrected chi connectivity index (χ1v) is 10.7. The lowest BCUT2D eigenvalue weighted by Crippen LogP contribution is -2.48. The van der Waals surface area contributed by atoms with Crippen molar-refractivity contribution in [3.05, 3.63) is 68.5 Å². The van der Waals surface area contributed by atoms with Crippen molar-refractivity contribution >= 4 is 28.7 Å². The quantitative estimate of drug-likeness (QED) is 0.442. The van der Waals surface area contributed by atoms with E-state index in [1.165, 1.54) is 23.6 Å². The van der Waals surface area contributed by atoms with Crippen LogP contribution in [0.15, 0.2) is 48.7 Å². The Hall–Kier alpha value is -3.46. The molecular weight excluding hydrogens is 416 g/mol. The van der Waals surface area contributed by atoms with Crippen LogP contribution >= 0.6 is 11.3 Å². The Labute approximate surface area is 183 Å². The number of carbonyl (C=O) groups is 1. The summed E-state index contributed by atoms with van der Waals surface area (Å²) >= 11 is 1.51. The van der Waals surface area contributed by atoms with Crippen LogP contribution in [0.5, 0.6) is 5.75 Å². The van der Waals surface area contributed by atoms with Gasteiger partial charge in [0.05, 0.1) is 16.9 Å². The summed E-state index contributed by atoms with van der Waals surface area (Å²) < 4.78 is 5.22. The Morgan fingerprint density at radius 2 is 1.84 bits per heavy atom. The Balaban J connectivity index is 1.42. The van der Waals surface area contributed by atoms with Crippen LogP contribution < -0.4 is 9.64 Å². The van der Waals surface area contributed by atoms with E-state index in [4.69, 9.17) is 4.74 Å². The Morgan fingerprint density at radius 3 is 2.42 bits per heavy atom. The van der Waals surface area contributed by atoms with Crippen molar-refractivity contribution in [3.63, 3.8) is 0 Å². The minimum Gasteiger partial charge on any atom is -0.497 e. The smallest absolute Gasteiger partial charge is 0.287 e. The Kier molecular flexibility index (Phi) is 5.85. The molecule has 0 radical (unpaired) electrons. The molecule has 3 heterocycles. The normalized spacial score (nSPS) is 13.9. The summed E-state index contributed by atoms with van der Waals surface area (Å²) in [5.74, 6) is 1.52. The maximum Gasteiger partial charge on any atom is 0.287 e. The van der Waals surface area contributed by atoms with Gasteiger partial charge in [-0.25, -0.2) is 4.98 Å². The highest BCUT2D eigenvalue weighted by Crippen LogP contribution is 2.33. The fourth-order valence-electron chi connectivity index (χ4n) is 3.61. The van der Waals surface area contributed by atoms with Gasteiger partial charge in [-0.1, -0.05) is 12.1 Å². The van der Waals surface area contributed by atoms with Gasteiger partial charge >= 0.3 is 0 Å². The van der Waals surface area contributed by atoms with E-state index >= 15 is 0 Å². The standard InChI is InChI=1S/C22H22N4O4S/c1-15-19(16-3-6-18(30-2)7-4-16)13-20(31-15)22(27)25-11-9-24(10-12-25)21-8-5-17(14-23-21)26(28)29/h3-8,13-14H,9-12H2,1-2H3. The molecule has 8 nitrogen and oxygen atoms in total. The zero-order chi connectivity index (χ0) is 22.0. The summed E-state index contributed by atoms with van der Waals surface area (Å²) in [7, 11) is 1.64. The fourth-order valence-corrected chi connectivity index (χ4v) is 4.62. The summed E-state index contributed by atoms with van der Waals surface area (Å²) in [5, 5.41) is 10.8. The number of nitrogens with zero attached hydrogens (tertiary/aromatic N) is 4. The fraction of sp³-hybridized carbons (Fsp3) is 0.273. The molecule has 1 aliphatic rings. The van der Waals surface area contributed by atoms with Crippen molar-refractivity contribution in [1.82, 2.24) is 9.88 Å². The molecule has 0 unspecified atom stereocenters. The molecule has 9 heteroatoms. The number of hydrogen-bond donors (Lipinski definition) is 0. The molecule has 0 bridgehead atoms. The number of pyridine rings is 1. The molecule has 1 aromatic carbocycles.